The Labute approximate surface area is 148 Å². The highest BCUT2D eigenvalue weighted by Gasteiger charge is 2.17. The molecule has 0 amide bonds. The topological polar surface area (TPSA) is 38.3 Å². The summed E-state index contributed by atoms with van der Waals surface area (Å²) in [6, 6.07) is -0.124. The first-order chi connectivity index (χ1) is 11.3. The molecule has 0 aliphatic carbocycles. The lowest BCUT2D eigenvalue weighted by molar-refractivity contribution is -0.145. The van der Waals surface area contributed by atoms with Gasteiger partial charge in [-0.05, 0) is 38.3 Å². The Morgan fingerprint density at radius 2 is 1.52 bits per heavy atom. The van der Waals surface area contributed by atoms with Crippen LogP contribution >= 0.6 is 11.8 Å². The second kappa shape index (κ2) is 18.1. The first-order valence-corrected chi connectivity index (χ1v) is 11.0. The zero-order chi connectivity index (χ0) is 17.2. The van der Waals surface area contributed by atoms with E-state index < -0.39 is 0 Å². The van der Waals surface area contributed by atoms with E-state index in [4.69, 9.17) is 4.74 Å². The van der Waals surface area contributed by atoms with Gasteiger partial charge in [-0.25, -0.2) is 0 Å². The van der Waals surface area contributed by atoms with Gasteiger partial charge < -0.3 is 10.1 Å². The lowest BCUT2D eigenvalue weighted by Gasteiger charge is -2.16. The Hall–Kier alpha value is -0.220. The number of carbonyl (C=O) groups excluding carboxylic acids is 1. The minimum Gasteiger partial charge on any atom is -0.465 e. The van der Waals surface area contributed by atoms with Crippen LogP contribution in [0, 0.1) is 0 Å². The van der Waals surface area contributed by atoms with Crippen molar-refractivity contribution in [1.29, 1.82) is 0 Å². The summed E-state index contributed by atoms with van der Waals surface area (Å²) in [4.78, 5) is 11.9. The smallest absolute Gasteiger partial charge is 0.323 e. The molecule has 23 heavy (non-hydrogen) atoms. The van der Waals surface area contributed by atoms with Gasteiger partial charge in [0.1, 0.15) is 6.04 Å². The molecular formula is C19H39NO2S. The molecule has 0 fully saturated rings. The van der Waals surface area contributed by atoms with Gasteiger partial charge in [-0.1, -0.05) is 64.7 Å². The number of ether oxygens (including phenoxy) is 1. The van der Waals surface area contributed by atoms with Gasteiger partial charge in [0.05, 0.1) is 6.61 Å². The second-order valence-electron chi connectivity index (χ2n) is 6.22. The van der Waals surface area contributed by atoms with E-state index in [1.54, 1.807) is 11.8 Å². The maximum atomic E-state index is 11.9. The molecule has 0 saturated heterocycles. The van der Waals surface area contributed by atoms with Crippen LogP contribution < -0.4 is 5.32 Å². The molecule has 0 aliphatic heterocycles. The van der Waals surface area contributed by atoms with E-state index in [0.717, 1.165) is 25.1 Å². The number of esters is 1. The summed E-state index contributed by atoms with van der Waals surface area (Å²) in [6.45, 7) is 5.52. The summed E-state index contributed by atoms with van der Waals surface area (Å²) < 4.78 is 5.14. The molecule has 0 radical (unpaired) electrons. The maximum absolute atomic E-state index is 11.9. The monoisotopic (exact) mass is 345 g/mol. The third-order valence-corrected chi connectivity index (χ3v) is 4.75. The fraction of sp³-hybridized carbons (Fsp3) is 0.947. The lowest BCUT2D eigenvalue weighted by atomic mass is 10.1. The highest BCUT2D eigenvalue weighted by molar-refractivity contribution is 7.98. The molecule has 1 N–H and O–H groups in total. The molecule has 1 unspecified atom stereocenters. The second-order valence-corrected chi connectivity index (χ2v) is 7.21. The standard InChI is InChI=1S/C19H39NO2S/c1-4-6-7-8-9-10-11-12-13-14-16-20-18(15-17-23-3)19(21)22-5-2/h18,20H,4-17H2,1-3H3. The summed E-state index contributed by atoms with van der Waals surface area (Å²) >= 11 is 1.78. The van der Waals surface area contributed by atoms with E-state index in [1.807, 2.05) is 6.92 Å². The molecule has 0 aromatic rings. The third kappa shape index (κ3) is 15.1. The number of thioether (sulfide) groups is 1. The van der Waals surface area contributed by atoms with Crippen molar-refractivity contribution in [2.75, 3.05) is 25.2 Å². The van der Waals surface area contributed by atoms with Gasteiger partial charge >= 0.3 is 5.97 Å². The number of unbranched alkanes of at least 4 members (excludes halogenated alkanes) is 9. The van der Waals surface area contributed by atoms with Crippen LogP contribution in [-0.2, 0) is 9.53 Å². The van der Waals surface area contributed by atoms with Gasteiger partial charge in [0.25, 0.3) is 0 Å². The van der Waals surface area contributed by atoms with Crippen molar-refractivity contribution in [2.45, 2.75) is 90.5 Å². The van der Waals surface area contributed by atoms with E-state index in [9.17, 15) is 4.79 Å². The highest BCUT2D eigenvalue weighted by atomic mass is 32.2. The first-order valence-electron chi connectivity index (χ1n) is 9.65. The molecule has 0 aliphatic rings. The number of carbonyl (C=O) groups is 1. The van der Waals surface area contributed by atoms with Crippen LogP contribution in [0.5, 0.6) is 0 Å². The van der Waals surface area contributed by atoms with Crippen molar-refractivity contribution < 1.29 is 9.53 Å². The van der Waals surface area contributed by atoms with Gasteiger partial charge in [0.2, 0.25) is 0 Å². The van der Waals surface area contributed by atoms with Crippen molar-refractivity contribution in [3.05, 3.63) is 0 Å². The van der Waals surface area contributed by atoms with Crippen LogP contribution in [0.15, 0.2) is 0 Å². The third-order valence-electron chi connectivity index (χ3n) is 4.10. The number of hydrogen-bond donors (Lipinski definition) is 1. The van der Waals surface area contributed by atoms with E-state index in [0.29, 0.717) is 6.61 Å². The number of rotatable bonds is 17. The minimum atomic E-state index is -0.124. The fourth-order valence-corrected chi connectivity index (χ4v) is 3.14. The molecule has 0 rings (SSSR count). The summed E-state index contributed by atoms with van der Waals surface area (Å²) in [7, 11) is 0. The van der Waals surface area contributed by atoms with E-state index >= 15 is 0 Å². The molecule has 3 nitrogen and oxygen atoms in total. The Kier molecular flexibility index (Phi) is 18.0. The van der Waals surface area contributed by atoms with E-state index in [2.05, 4.69) is 18.5 Å². The average Bonchev–Trinajstić information content (AvgIpc) is 2.55. The van der Waals surface area contributed by atoms with Crippen molar-refractivity contribution in [3.63, 3.8) is 0 Å². The number of nitrogens with one attached hydrogen (secondary N) is 1. The van der Waals surface area contributed by atoms with Crippen LogP contribution in [0.2, 0.25) is 0 Å². The fourth-order valence-electron chi connectivity index (χ4n) is 2.67. The molecule has 1 atom stereocenters. The highest BCUT2D eigenvalue weighted by Crippen LogP contribution is 2.10. The van der Waals surface area contributed by atoms with Crippen molar-refractivity contribution in [1.82, 2.24) is 5.32 Å². The van der Waals surface area contributed by atoms with Gasteiger partial charge in [-0.2, -0.15) is 11.8 Å². The SMILES string of the molecule is CCCCCCCCCCCCNC(CCSC)C(=O)OCC. The zero-order valence-corrected chi connectivity index (χ0v) is 16.5. The van der Waals surface area contributed by atoms with Gasteiger partial charge in [-0.3, -0.25) is 4.79 Å². The maximum Gasteiger partial charge on any atom is 0.323 e. The number of hydrogen-bond acceptors (Lipinski definition) is 4. The minimum absolute atomic E-state index is 0.0892. The van der Waals surface area contributed by atoms with Crippen molar-refractivity contribution in [2.24, 2.45) is 0 Å². The normalized spacial score (nSPS) is 12.3. The molecule has 0 saturated carbocycles. The molecule has 0 aromatic heterocycles. The predicted molar refractivity (Wildman–Crippen MR) is 103 cm³/mol. The quantitative estimate of drug-likeness (QED) is 0.291. The Morgan fingerprint density at radius 1 is 0.957 bits per heavy atom. The predicted octanol–water partition coefficient (Wildman–Crippen LogP) is 5.18. The Morgan fingerprint density at radius 3 is 2.04 bits per heavy atom. The van der Waals surface area contributed by atoms with Crippen LogP contribution in [0.25, 0.3) is 0 Å². The molecular weight excluding hydrogens is 306 g/mol. The van der Waals surface area contributed by atoms with Crippen molar-refractivity contribution in [3.8, 4) is 0 Å². The molecule has 0 bridgehead atoms. The summed E-state index contributed by atoms with van der Waals surface area (Å²) in [5.74, 6) is 0.905. The van der Waals surface area contributed by atoms with Crippen LogP contribution in [0.3, 0.4) is 0 Å². The molecule has 4 heteroatoms. The molecule has 0 aromatic carbocycles. The summed E-state index contributed by atoms with van der Waals surface area (Å²) in [6.07, 6.45) is 16.4. The Bertz CT molecular complexity index is 262. The first kappa shape index (κ1) is 22.8. The summed E-state index contributed by atoms with van der Waals surface area (Å²) in [5, 5.41) is 3.38. The largest absolute Gasteiger partial charge is 0.465 e. The van der Waals surface area contributed by atoms with Crippen LogP contribution in [0.4, 0.5) is 0 Å². The molecule has 0 spiro atoms. The Balaban J connectivity index is 3.52. The average molecular weight is 346 g/mol. The van der Waals surface area contributed by atoms with E-state index in [-0.39, 0.29) is 12.0 Å². The lowest BCUT2D eigenvalue weighted by Crippen LogP contribution is -2.39. The van der Waals surface area contributed by atoms with Gasteiger partial charge in [-0.15, -0.1) is 0 Å². The summed E-state index contributed by atoms with van der Waals surface area (Å²) in [5.41, 5.74) is 0. The van der Waals surface area contributed by atoms with E-state index in [1.165, 1.54) is 57.8 Å². The van der Waals surface area contributed by atoms with Crippen LogP contribution in [-0.4, -0.2) is 37.2 Å². The molecule has 0 heterocycles. The van der Waals surface area contributed by atoms with Gasteiger partial charge in [0, 0.05) is 0 Å². The van der Waals surface area contributed by atoms with Crippen molar-refractivity contribution >= 4 is 17.7 Å². The zero-order valence-electron chi connectivity index (χ0n) is 15.7. The van der Waals surface area contributed by atoms with Gasteiger partial charge in [0.15, 0.2) is 0 Å². The molecule has 138 valence electrons. The van der Waals surface area contributed by atoms with Crippen LogP contribution in [0.1, 0.15) is 84.5 Å².